The molecule has 76 valence electrons. The molecule has 0 saturated carbocycles. The molecule has 0 radical (unpaired) electrons. The van der Waals surface area contributed by atoms with Crippen LogP contribution in [0.2, 0.25) is 0 Å². The van der Waals surface area contributed by atoms with Gasteiger partial charge >= 0.3 is 0 Å². The van der Waals surface area contributed by atoms with Crippen LogP contribution in [0, 0.1) is 5.82 Å². The van der Waals surface area contributed by atoms with E-state index < -0.39 is 0 Å². The van der Waals surface area contributed by atoms with Gasteiger partial charge in [-0.05, 0) is 24.6 Å². The van der Waals surface area contributed by atoms with Gasteiger partial charge in [0.15, 0.2) is 0 Å². The molecule has 4 N–H and O–H groups in total. The quantitative estimate of drug-likeness (QED) is 0.565. The summed E-state index contributed by atoms with van der Waals surface area (Å²) in [6.45, 7) is 2.26. The number of nitrogens with zero attached hydrogens (tertiary/aromatic N) is 1. The average molecular weight is 195 g/mol. The molecule has 0 atom stereocenters. The lowest BCUT2D eigenvalue weighted by molar-refractivity contribution is 0.383. The third kappa shape index (κ3) is 3.45. The molecule has 14 heavy (non-hydrogen) atoms. The number of halogens is 1. The van der Waals surface area contributed by atoms with E-state index in [-0.39, 0.29) is 5.82 Å². The van der Waals surface area contributed by atoms with Crippen LogP contribution < -0.4 is 11.6 Å². The summed E-state index contributed by atoms with van der Waals surface area (Å²) in [7, 11) is 0. The van der Waals surface area contributed by atoms with Gasteiger partial charge in [0.25, 0.3) is 0 Å². The Morgan fingerprint density at radius 2 is 2.00 bits per heavy atom. The minimum absolute atomic E-state index is 0.247. The smallest absolute Gasteiger partial charge is 0.123 e. The summed E-state index contributed by atoms with van der Waals surface area (Å²) in [6, 6.07) is 6.19. The van der Waals surface area contributed by atoms with E-state index in [4.69, 9.17) is 11.6 Å². The van der Waals surface area contributed by atoms with Crippen molar-refractivity contribution in [3.05, 3.63) is 47.5 Å². The maximum absolute atomic E-state index is 12.6. The highest BCUT2D eigenvalue weighted by Crippen LogP contribution is 2.04. The topological polar surface area (TPSA) is 55.3 Å². The average Bonchev–Trinajstić information content (AvgIpc) is 2.07. The number of rotatable bonds is 3. The summed E-state index contributed by atoms with van der Waals surface area (Å²) in [5, 5.41) is 1.46. The van der Waals surface area contributed by atoms with Crippen molar-refractivity contribution in [2.24, 2.45) is 11.6 Å². The van der Waals surface area contributed by atoms with E-state index in [0.29, 0.717) is 12.2 Å². The molecule has 0 unspecified atom stereocenters. The zero-order valence-corrected chi connectivity index (χ0v) is 8.07. The van der Waals surface area contributed by atoms with Crippen LogP contribution in [0.5, 0.6) is 0 Å². The number of benzene rings is 1. The Balaban J connectivity index is 2.61. The Morgan fingerprint density at radius 1 is 1.43 bits per heavy atom. The van der Waals surface area contributed by atoms with E-state index >= 15 is 0 Å². The van der Waals surface area contributed by atoms with Gasteiger partial charge in [-0.3, -0.25) is 0 Å². The molecule has 0 saturated heterocycles. The monoisotopic (exact) mass is 195 g/mol. The maximum atomic E-state index is 12.6. The van der Waals surface area contributed by atoms with Gasteiger partial charge in [-0.15, -0.1) is 0 Å². The molecule has 0 fully saturated rings. The second kappa shape index (κ2) is 4.62. The van der Waals surface area contributed by atoms with Gasteiger partial charge in [0.05, 0.1) is 6.54 Å². The summed E-state index contributed by atoms with van der Waals surface area (Å²) in [5.41, 5.74) is 7.02. The number of hydrazine groups is 1. The summed E-state index contributed by atoms with van der Waals surface area (Å²) < 4.78 is 12.6. The lowest BCUT2D eigenvalue weighted by Crippen LogP contribution is -2.25. The first-order valence-corrected chi connectivity index (χ1v) is 4.27. The van der Waals surface area contributed by atoms with Gasteiger partial charge < -0.3 is 10.7 Å². The number of allylic oxidation sites excluding steroid dienone is 1. The molecule has 0 aromatic heterocycles. The normalized spacial score (nSPS) is 11.5. The van der Waals surface area contributed by atoms with Crippen molar-refractivity contribution in [2.45, 2.75) is 13.5 Å². The predicted molar refractivity (Wildman–Crippen MR) is 54.1 cm³/mol. The first-order valence-electron chi connectivity index (χ1n) is 4.27. The third-order valence-electron chi connectivity index (χ3n) is 1.65. The van der Waals surface area contributed by atoms with E-state index in [2.05, 4.69) is 0 Å². The fourth-order valence-electron chi connectivity index (χ4n) is 1.11. The fraction of sp³-hybridized carbons (Fsp3) is 0.200. The van der Waals surface area contributed by atoms with Crippen LogP contribution in [0.25, 0.3) is 0 Å². The van der Waals surface area contributed by atoms with E-state index in [9.17, 15) is 4.39 Å². The van der Waals surface area contributed by atoms with Crippen LogP contribution in [-0.4, -0.2) is 5.01 Å². The Kier molecular flexibility index (Phi) is 3.48. The Hall–Kier alpha value is -1.55. The number of nitrogens with two attached hydrogens (primary N) is 2. The van der Waals surface area contributed by atoms with Crippen molar-refractivity contribution < 1.29 is 4.39 Å². The molecule has 4 heteroatoms. The highest BCUT2D eigenvalue weighted by atomic mass is 19.1. The van der Waals surface area contributed by atoms with Crippen LogP contribution >= 0.6 is 0 Å². The lowest BCUT2D eigenvalue weighted by Gasteiger charge is -2.13. The SMILES string of the molecule is C/C(N)=C/N(N)Cc1ccc(F)cc1. The minimum Gasteiger partial charge on any atom is -0.401 e. The largest absolute Gasteiger partial charge is 0.401 e. The Bertz CT molecular complexity index is 315. The first-order chi connectivity index (χ1) is 6.58. The van der Waals surface area contributed by atoms with E-state index in [0.717, 1.165) is 5.56 Å². The van der Waals surface area contributed by atoms with Gasteiger partial charge in [-0.25, -0.2) is 10.2 Å². The van der Waals surface area contributed by atoms with Crippen molar-refractivity contribution in [3.63, 3.8) is 0 Å². The molecule has 0 spiro atoms. The van der Waals surface area contributed by atoms with Crippen LogP contribution in [-0.2, 0) is 6.54 Å². The van der Waals surface area contributed by atoms with Gasteiger partial charge in [0, 0.05) is 11.9 Å². The second-order valence-electron chi connectivity index (χ2n) is 3.17. The minimum atomic E-state index is -0.247. The molecular weight excluding hydrogens is 181 g/mol. The van der Waals surface area contributed by atoms with E-state index in [1.54, 1.807) is 25.3 Å². The van der Waals surface area contributed by atoms with Crippen LogP contribution in [0.1, 0.15) is 12.5 Å². The van der Waals surface area contributed by atoms with Crippen LogP contribution in [0.15, 0.2) is 36.2 Å². The highest BCUT2D eigenvalue weighted by Gasteiger charge is 1.97. The molecule has 0 amide bonds. The van der Waals surface area contributed by atoms with Gasteiger partial charge in [0.1, 0.15) is 5.82 Å². The molecule has 0 bridgehead atoms. The van der Waals surface area contributed by atoms with Crippen molar-refractivity contribution in [1.82, 2.24) is 5.01 Å². The highest BCUT2D eigenvalue weighted by molar-refractivity contribution is 5.16. The zero-order chi connectivity index (χ0) is 10.6. The van der Waals surface area contributed by atoms with Crippen molar-refractivity contribution >= 4 is 0 Å². The molecular formula is C10H14FN3. The van der Waals surface area contributed by atoms with Crippen LogP contribution in [0.3, 0.4) is 0 Å². The standard InChI is InChI=1S/C10H14FN3/c1-8(12)6-14(13)7-9-2-4-10(11)5-3-9/h2-6H,7,12-13H2,1H3/b8-6-. The van der Waals surface area contributed by atoms with E-state index in [1.807, 2.05) is 0 Å². The van der Waals surface area contributed by atoms with Gasteiger partial charge in [-0.1, -0.05) is 12.1 Å². The number of hydrogen-bond donors (Lipinski definition) is 2. The molecule has 0 aliphatic rings. The fourth-order valence-corrected chi connectivity index (χ4v) is 1.11. The molecule has 0 aliphatic heterocycles. The molecule has 1 rings (SSSR count). The van der Waals surface area contributed by atoms with Crippen molar-refractivity contribution in [2.75, 3.05) is 0 Å². The summed E-state index contributed by atoms with van der Waals surface area (Å²) >= 11 is 0. The number of hydrogen-bond acceptors (Lipinski definition) is 3. The lowest BCUT2D eigenvalue weighted by atomic mass is 10.2. The molecule has 1 aromatic carbocycles. The first kappa shape index (κ1) is 10.5. The molecule has 3 nitrogen and oxygen atoms in total. The summed E-state index contributed by atoms with van der Waals surface area (Å²) in [5.74, 6) is 5.38. The van der Waals surface area contributed by atoms with Crippen molar-refractivity contribution in [3.8, 4) is 0 Å². The predicted octanol–water partition coefficient (Wildman–Crippen LogP) is 1.32. The summed E-state index contributed by atoms with van der Waals surface area (Å²) in [6.07, 6.45) is 1.63. The van der Waals surface area contributed by atoms with Crippen LogP contribution in [0.4, 0.5) is 4.39 Å². The van der Waals surface area contributed by atoms with Gasteiger partial charge in [0.2, 0.25) is 0 Å². The Morgan fingerprint density at radius 3 is 2.50 bits per heavy atom. The maximum Gasteiger partial charge on any atom is 0.123 e. The van der Waals surface area contributed by atoms with E-state index in [1.165, 1.54) is 17.1 Å². The Labute approximate surface area is 82.8 Å². The van der Waals surface area contributed by atoms with Gasteiger partial charge in [-0.2, -0.15) is 0 Å². The second-order valence-corrected chi connectivity index (χ2v) is 3.17. The summed E-state index contributed by atoms with van der Waals surface area (Å²) in [4.78, 5) is 0. The van der Waals surface area contributed by atoms with Crippen molar-refractivity contribution in [1.29, 1.82) is 0 Å². The zero-order valence-electron chi connectivity index (χ0n) is 8.07. The molecule has 0 aliphatic carbocycles. The molecule has 1 aromatic rings. The third-order valence-corrected chi connectivity index (χ3v) is 1.65. The molecule has 0 heterocycles.